The van der Waals surface area contributed by atoms with Crippen molar-refractivity contribution in [1.29, 1.82) is 0 Å². The Morgan fingerprint density at radius 3 is 2.62 bits per heavy atom. The quantitative estimate of drug-likeness (QED) is 0.543. The van der Waals surface area contributed by atoms with Crippen LogP contribution in [0.25, 0.3) is 0 Å². The first-order valence-electron chi connectivity index (χ1n) is 3.52. The van der Waals surface area contributed by atoms with Crippen molar-refractivity contribution < 1.29 is 14.0 Å². The number of hydrogen-bond donors (Lipinski definition) is 0. The van der Waals surface area contributed by atoms with Crippen LogP contribution in [0.15, 0.2) is 12.1 Å². The summed E-state index contributed by atoms with van der Waals surface area (Å²) in [7, 11) is 0. The largest absolute Gasteiger partial charge is 0.298 e. The van der Waals surface area contributed by atoms with E-state index >= 15 is 0 Å². The molecule has 0 aliphatic heterocycles. The first-order chi connectivity index (χ1) is 6.07. The molecule has 0 amide bonds. The van der Waals surface area contributed by atoms with Crippen LogP contribution in [0.4, 0.5) is 4.39 Å². The first kappa shape index (κ1) is 9.86. The third kappa shape index (κ3) is 1.75. The van der Waals surface area contributed by atoms with Gasteiger partial charge in [-0.15, -0.1) is 0 Å². The Morgan fingerprint density at radius 1 is 1.54 bits per heavy atom. The molecule has 13 heavy (non-hydrogen) atoms. The first-order valence-corrected chi connectivity index (χ1v) is 3.90. The minimum absolute atomic E-state index is 0.123. The van der Waals surface area contributed by atoms with Gasteiger partial charge in [0.1, 0.15) is 5.82 Å². The Balaban J connectivity index is 3.44. The van der Waals surface area contributed by atoms with Crippen molar-refractivity contribution in [3.63, 3.8) is 0 Å². The minimum atomic E-state index is -0.718. The van der Waals surface area contributed by atoms with Crippen LogP contribution in [0.1, 0.15) is 27.6 Å². The zero-order valence-corrected chi connectivity index (χ0v) is 7.56. The topological polar surface area (TPSA) is 34.1 Å². The van der Waals surface area contributed by atoms with Crippen LogP contribution in [-0.4, -0.2) is 12.1 Å². The summed E-state index contributed by atoms with van der Waals surface area (Å²) in [4.78, 5) is 21.3. The third-order valence-electron chi connectivity index (χ3n) is 1.62. The molecule has 0 unspecified atom stereocenters. The molecule has 0 atom stereocenters. The molecule has 2 nitrogen and oxygen atoms in total. The summed E-state index contributed by atoms with van der Waals surface area (Å²) >= 11 is 5.62. The van der Waals surface area contributed by atoms with Gasteiger partial charge in [-0.05, 0) is 19.1 Å². The number of benzene rings is 1. The molecule has 0 spiro atoms. The lowest BCUT2D eigenvalue weighted by Crippen LogP contribution is -1.99. The molecule has 0 aliphatic carbocycles. The van der Waals surface area contributed by atoms with E-state index in [-0.39, 0.29) is 21.9 Å². The van der Waals surface area contributed by atoms with Crippen LogP contribution >= 0.6 is 11.6 Å². The van der Waals surface area contributed by atoms with Gasteiger partial charge in [-0.2, -0.15) is 0 Å². The lowest BCUT2D eigenvalue weighted by Gasteiger charge is -2.02. The number of hydrogen-bond acceptors (Lipinski definition) is 2. The number of carbonyl (C=O) groups excluding carboxylic acids is 2. The maximum absolute atomic E-state index is 12.9. The van der Waals surface area contributed by atoms with Crippen molar-refractivity contribution in [3.8, 4) is 0 Å². The van der Waals surface area contributed by atoms with E-state index in [1.54, 1.807) is 0 Å². The maximum Gasteiger partial charge on any atom is 0.161 e. The van der Waals surface area contributed by atoms with Gasteiger partial charge in [0, 0.05) is 5.56 Å². The molecule has 0 aromatic heterocycles. The Morgan fingerprint density at radius 2 is 2.15 bits per heavy atom. The summed E-state index contributed by atoms with van der Waals surface area (Å²) in [6.07, 6.45) is 0.296. The molecule has 0 heterocycles. The summed E-state index contributed by atoms with van der Waals surface area (Å²) in [5, 5.41) is -0.123. The van der Waals surface area contributed by atoms with Crippen molar-refractivity contribution in [2.75, 3.05) is 0 Å². The second-order valence-corrected chi connectivity index (χ2v) is 2.87. The molecule has 0 radical (unpaired) electrons. The molecule has 0 fully saturated rings. The van der Waals surface area contributed by atoms with Crippen molar-refractivity contribution in [3.05, 3.63) is 34.1 Å². The smallest absolute Gasteiger partial charge is 0.161 e. The molecule has 0 aliphatic rings. The fourth-order valence-electron chi connectivity index (χ4n) is 0.949. The van der Waals surface area contributed by atoms with Crippen molar-refractivity contribution in [1.82, 2.24) is 0 Å². The maximum atomic E-state index is 12.9. The summed E-state index contributed by atoms with van der Waals surface area (Å²) in [6, 6.07) is 2.30. The van der Waals surface area contributed by atoms with Gasteiger partial charge in [0.15, 0.2) is 12.1 Å². The van der Waals surface area contributed by atoms with Crippen LogP contribution in [0.5, 0.6) is 0 Å². The molecule has 4 heteroatoms. The normalized spacial score (nSPS) is 9.77. The number of Topliss-reactive ketones (excluding diaryl/α,β-unsaturated/α-hetero) is 1. The van der Waals surface area contributed by atoms with E-state index in [0.717, 1.165) is 6.07 Å². The lowest BCUT2D eigenvalue weighted by atomic mass is 10.1. The molecule has 1 rings (SSSR count). The van der Waals surface area contributed by atoms with Gasteiger partial charge in [-0.3, -0.25) is 9.59 Å². The molecule has 0 saturated carbocycles. The molecule has 1 aromatic rings. The van der Waals surface area contributed by atoms with Crippen LogP contribution < -0.4 is 0 Å². The van der Waals surface area contributed by atoms with Crippen LogP contribution in [-0.2, 0) is 0 Å². The highest BCUT2D eigenvalue weighted by Gasteiger charge is 2.13. The summed E-state index contributed by atoms with van der Waals surface area (Å²) in [6.45, 7) is 1.30. The van der Waals surface area contributed by atoms with Gasteiger partial charge in [-0.25, -0.2) is 4.39 Å². The van der Waals surface area contributed by atoms with E-state index in [4.69, 9.17) is 11.6 Å². The number of carbonyl (C=O) groups is 2. The highest BCUT2D eigenvalue weighted by atomic mass is 35.5. The van der Waals surface area contributed by atoms with Gasteiger partial charge in [0.05, 0.1) is 10.6 Å². The lowest BCUT2D eigenvalue weighted by molar-refractivity contribution is 0.101. The van der Waals surface area contributed by atoms with Gasteiger partial charge >= 0.3 is 0 Å². The number of rotatable bonds is 2. The van der Waals surface area contributed by atoms with Crippen LogP contribution in [0, 0.1) is 5.82 Å². The van der Waals surface area contributed by atoms with Gasteiger partial charge in [0.25, 0.3) is 0 Å². The Hall–Kier alpha value is -1.22. The second-order valence-electron chi connectivity index (χ2n) is 2.50. The van der Waals surface area contributed by atoms with Crippen molar-refractivity contribution >= 4 is 23.7 Å². The zero-order chi connectivity index (χ0) is 10.0. The molecule has 1 aromatic carbocycles. The molecule has 68 valence electrons. The SMILES string of the molecule is CC(=O)c1ccc(F)c(C=O)c1Cl. The number of aldehydes is 1. The molecule has 0 N–H and O–H groups in total. The summed E-state index contributed by atoms with van der Waals surface area (Å²) in [5.41, 5.74) is -0.112. The zero-order valence-electron chi connectivity index (χ0n) is 6.80. The van der Waals surface area contributed by atoms with Crippen LogP contribution in [0.2, 0.25) is 5.02 Å². The van der Waals surface area contributed by atoms with E-state index in [1.807, 2.05) is 0 Å². The Labute approximate surface area is 79.3 Å². The predicted octanol–water partition coefficient (Wildman–Crippen LogP) is 2.49. The van der Waals surface area contributed by atoms with Gasteiger partial charge in [-0.1, -0.05) is 11.6 Å². The second kappa shape index (κ2) is 3.66. The number of ketones is 1. The van der Waals surface area contributed by atoms with E-state index in [0.29, 0.717) is 6.29 Å². The Bertz CT molecular complexity index is 374. The highest BCUT2D eigenvalue weighted by Crippen LogP contribution is 2.22. The highest BCUT2D eigenvalue weighted by molar-refractivity contribution is 6.36. The summed E-state index contributed by atoms with van der Waals surface area (Å²) < 4.78 is 12.9. The Kier molecular flexibility index (Phi) is 2.78. The average molecular weight is 201 g/mol. The summed E-state index contributed by atoms with van der Waals surface area (Å²) in [5.74, 6) is -1.02. The molecular weight excluding hydrogens is 195 g/mol. The third-order valence-corrected chi connectivity index (χ3v) is 2.03. The number of halogens is 2. The standard InChI is InChI=1S/C9H6ClFO2/c1-5(13)6-2-3-8(11)7(4-12)9(6)10/h2-4H,1H3. The molecule has 0 bridgehead atoms. The van der Waals surface area contributed by atoms with E-state index < -0.39 is 5.82 Å². The van der Waals surface area contributed by atoms with Crippen molar-refractivity contribution in [2.45, 2.75) is 6.92 Å². The van der Waals surface area contributed by atoms with E-state index in [9.17, 15) is 14.0 Å². The monoisotopic (exact) mass is 200 g/mol. The van der Waals surface area contributed by atoms with E-state index in [2.05, 4.69) is 0 Å². The van der Waals surface area contributed by atoms with Crippen molar-refractivity contribution in [2.24, 2.45) is 0 Å². The minimum Gasteiger partial charge on any atom is -0.298 e. The van der Waals surface area contributed by atoms with Crippen LogP contribution in [0.3, 0.4) is 0 Å². The van der Waals surface area contributed by atoms with Gasteiger partial charge in [0.2, 0.25) is 0 Å². The fourth-order valence-corrected chi connectivity index (χ4v) is 1.28. The molecular formula is C9H6ClFO2. The fraction of sp³-hybridized carbons (Fsp3) is 0.111. The average Bonchev–Trinajstić information content (AvgIpc) is 2.04. The van der Waals surface area contributed by atoms with Gasteiger partial charge < -0.3 is 0 Å². The molecule has 0 saturated heterocycles. The predicted molar refractivity (Wildman–Crippen MR) is 46.8 cm³/mol. The van der Waals surface area contributed by atoms with E-state index in [1.165, 1.54) is 13.0 Å².